The molecule has 0 heterocycles. The van der Waals surface area contributed by atoms with Gasteiger partial charge in [-0.3, -0.25) is 0 Å². The Balaban J connectivity index is 2.53. The smallest absolute Gasteiger partial charge is 0.343 e. The number of rotatable bonds is 7. The first kappa shape index (κ1) is 15.3. The van der Waals surface area contributed by atoms with Crippen LogP contribution in [0.15, 0.2) is 24.3 Å². The lowest BCUT2D eigenvalue weighted by molar-refractivity contribution is -0.142. The number of nitrogens with one attached hydrogen (secondary N) is 1. The summed E-state index contributed by atoms with van der Waals surface area (Å²) in [5, 5.41) is 3.48. The lowest BCUT2D eigenvalue weighted by Gasteiger charge is -2.22. The molecule has 1 unspecified atom stereocenters. The Bertz CT molecular complexity index is 387. The van der Waals surface area contributed by atoms with E-state index in [1.807, 2.05) is 24.3 Å². The molecule has 19 heavy (non-hydrogen) atoms. The highest BCUT2D eigenvalue weighted by atomic mass is 16.6. The molecule has 4 nitrogen and oxygen atoms in total. The highest BCUT2D eigenvalue weighted by Crippen LogP contribution is 2.19. The molecule has 0 bridgehead atoms. The number of anilines is 1. The zero-order valence-electron chi connectivity index (χ0n) is 12.1. The number of benzene rings is 1. The third-order valence-corrected chi connectivity index (χ3v) is 3.04. The minimum absolute atomic E-state index is 0.0626. The zero-order chi connectivity index (χ0) is 14.3. The van der Waals surface area contributed by atoms with E-state index in [0.717, 1.165) is 12.1 Å². The number of hydrogen-bond donors (Lipinski definition) is 1. The monoisotopic (exact) mass is 265 g/mol. The van der Waals surface area contributed by atoms with E-state index in [-0.39, 0.29) is 12.6 Å². The van der Waals surface area contributed by atoms with Crippen molar-refractivity contribution < 1.29 is 14.3 Å². The molecule has 0 saturated carbocycles. The van der Waals surface area contributed by atoms with Gasteiger partial charge in [0.2, 0.25) is 0 Å². The second-order valence-electron chi connectivity index (χ2n) is 4.79. The summed E-state index contributed by atoms with van der Waals surface area (Å²) in [6.45, 7) is 6.52. The predicted octanol–water partition coefficient (Wildman–Crippen LogP) is 3.08. The Hall–Kier alpha value is -1.71. The molecule has 0 radical (unpaired) electrons. The molecule has 0 amide bonds. The fourth-order valence-corrected chi connectivity index (χ4v) is 1.80. The highest BCUT2D eigenvalue weighted by molar-refractivity contribution is 5.70. The number of carbonyl (C=O) groups is 1. The molecule has 0 aliphatic heterocycles. The molecule has 4 heteroatoms. The van der Waals surface area contributed by atoms with Crippen molar-refractivity contribution in [1.29, 1.82) is 0 Å². The SMILES string of the molecule is CCC(Nc1ccc(OCC(=O)OC)cc1)C(C)C. The molecule has 0 aromatic heterocycles. The van der Waals surface area contributed by atoms with Gasteiger partial charge < -0.3 is 14.8 Å². The molecule has 1 aromatic carbocycles. The van der Waals surface area contributed by atoms with Crippen LogP contribution in [0, 0.1) is 5.92 Å². The molecule has 1 N–H and O–H groups in total. The van der Waals surface area contributed by atoms with Gasteiger partial charge in [0.15, 0.2) is 6.61 Å². The first-order valence-corrected chi connectivity index (χ1v) is 6.63. The van der Waals surface area contributed by atoms with Gasteiger partial charge in [0.25, 0.3) is 0 Å². The summed E-state index contributed by atoms with van der Waals surface area (Å²) in [6.07, 6.45) is 1.08. The van der Waals surface area contributed by atoms with Crippen LogP contribution in [0.3, 0.4) is 0 Å². The van der Waals surface area contributed by atoms with Crippen LogP contribution in [-0.2, 0) is 9.53 Å². The lowest BCUT2D eigenvalue weighted by Crippen LogP contribution is -2.24. The highest BCUT2D eigenvalue weighted by Gasteiger charge is 2.10. The van der Waals surface area contributed by atoms with E-state index < -0.39 is 0 Å². The number of hydrogen-bond acceptors (Lipinski definition) is 4. The number of ether oxygens (including phenoxy) is 2. The number of methoxy groups -OCH3 is 1. The lowest BCUT2D eigenvalue weighted by atomic mass is 10.0. The van der Waals surface area contributed by atoms with Gasteiger partial charge in [-0.25, -0.2) is 4.79 Å². The Morgan fingerprint density at radius 1 is 1.26 bits per heavy atom. The third-order valence-electron chi connectivity index (χ3n) is 3.04. The maximum absolute atomic E-state index is 11.0. The van der Waals surface area contributed by atoms with E-state index in [4.69, 9.17) is 4.74 Å². The predicted molar refractivity (Wildman–Crippen MR) is 76.5 cm³/mol. The normalized spacial score (nSPS) is 12.1. The van der Waals surface area contributed by atoms with Crippen molar-refractivity contribution in [2.24, 2.45) is 5.92 Å². The number of carbonyl (C=O) groups excluding carboxylic acids is 1. The average molecular weight is 265 g/mol. The number of esters is 1. The largest absolute Gasteiger partial charge is 0.482 e. The van der Waals surface area contributed by atoms with Crippen molar-refractivity contribution in [2.75, 3.05) is 19.0 Å². The Labute approximate surface area is 115 Å². The van der Waals surface area contributed by atoms with Crippen molar-refractivity contribution in [2.45, 2.75) is 33.2 Å². The fraction of sp³-hybridized carbons (Fsp3) is 0.533. The van der Waals surface area contributed by atoms with Crippen LogP contribution in [-0.4, -0.2) is 25.7 Å². The van der Waals surface area contributed by atoms with Crippen LogP contribution in [0.1, 0.15) is 27.2 Å². The molecule has 0 spiro atoms. The van der Waals surface area contributed by atoms with Gasteiger partial charge in [-0.2, -0.15) is 0 Å². The quantitative estimate of drug-likeness (QED) is 0.770. The molecule has 1 rings (SSSR count). The molecule has 0 aliphatic rings. The van der Waals surface area contributed by atoms with E-state index in [9.17, 15) is 4.79 Å². The average Bonchev–Trinajstić information content (AvgIpc) is 2.42. The summed E-state index contributed by atoms with van der Waals surface area (Å²) in [7, 11) is 1.34. The minimum Gasteiger partial charge on any atom is -0.482 e. The third kappa shape index (κ3) is 5.20. The van der Waals surface area contributed by atoms with E-state index >= 15 is 0 Å². The van der Waals surface area contributed by atoms with Crippen molar-refractivity contribution in [3.8, 4) is 5.75 Å². The zero-order valence-corrected chi connectivity index (χ0v) is 12.1. The van der Waals surface area contributed by atoms with E-state index in [1.165, 1.54) is 7.11 Å². The van der Waals surface area contributed by atoms with E-state index in [0.29, 0.717) is 17.7 Å². The summed E-state index contributed by atoms with van der Waals surface area (Å²) in [6, 6.07) is 8.06. The van der Waals surface area contributed by atoms with Crippen LogP contribution in [0.25, 0.3) is 0 Å². The van der Waals surface area contributed by atoms with Crippen LogP contribution >= 0.6 is 0 Å². The summed E-state index contributed by atoms with van der Waals surface area (Å²) in [5.74, 6) is 0.863. The second kappa shape index (κ2) is 7.67. The molecule has 0 fully saturated rings. The van der Waals surface area contributed by atoms with Crippen molar-refractivity contribution in [1.82, 2.24) is 0 Å². The van der Waals surface area contributed by atoms with Crippen molar-refractivity contribution in [3.63, 3.8) is 0 Å². The second-order valence-corrected chi connectivity index (χ2v) is 4.79. The van der Waals surface area contributed by atoms with Crippen LogP contribution in [0.2, 0.25) is 0 Å². The molecule has 1 atom stereocenters. The Morgan fingerprint density at radius 3 is 2.37 bits per heavy atom. The fourth-order valence-electron chi connectivity index (χ4n) is 1.80. The maximum Gasteiger partial charge on any atom is 0.343 e. The van der Waals surface area contributed by atoms with Gasteiger partial charge in [-0.15, -0.1) is 0 Å². The van der Waals surface area contributed by atoms with Gasteiger partial charge >= 0.3 is 5.97 Å². The standard InChI is InChI=1S/C15H23NO3/c1-5-14(11(2)3)16-12-6-8-13(9-7-12)19-10-15(17)18-4/h6-9,11,14,16H,5,10H2,1-4H3. The van der Waals surface area contributed by atoms with Crippen molar-refractivity contribution >= 4 is 11.7 Å². The molecule has 0 aliphatic carbocycles. The topological polar surface area (TPSA) is 47.6 Å². The minimum atomic E-state index is -0.381. The van der Waals surface area contributed by atoms with Crippen LogP contribution < -0.4 is 10.1 Å². The molecule has 1 aromatic rings. The molecule has 106 valence electrons. The first-order valence-electron chi connectivity index (χ1n) is 6.63. The van der Waals surface area contributed by atoms with Gasteiger partial charge in [0.05, 0.1) is 7.11 Å². The van der Waals surface area contributed by atoms with Gasteiger partial charge in [0, 0.05) is 11.7 Å². The summed E-state index contributed by atoms with van der Waals surface area (Å²) < 4.78 is 9.80. The van der Waals surface area contributed by atoms with Crippen LogP contribution in [0.4, 0.5) is 5.69 Å². The Kier molecular flexibility index (Phi) is 6.19. The summed E-state index contributed by atoms with van der Waals surface area (Å²) >= 11 is 0. The van der Waals surface area contributed by atoms with E-state index in [1.54, 1.807) is 0 Å². The molecular weight excluding hydrogens is 242 g/mol. The first-order chi connectivity index (χ1) is 9.06. The molecule has 0 saturated heterocycles. The van der Waals surface area contributed by atoms with Crippen LogP contribution in [0.5, 0.6) is 5.75 Å². The van der Waals surface area contributed by atoms with Gasteiger partial charge in [0.1, 0.15) is 5.75 Å². The van der Waals surface area contributed by atoms with Gasteiger partial charge in [-0.1, -0.05) is 20.8 Å². The molecular formula is C15H23NO3. The summed E-state index contributed by atoms with van der Waals surface area (Å²) in [4.78, 5) is 11.0. The maximum atomic E-state index is 11.0. The van der Waals surface area contributed by atoms with E-state index in [2.05, 4.69) is 30.8 Å². The summed E-state index contributed by atoms with van der Waals surface area (Å²) in [5.41, 5.74) is 1.06. The van der Waals surface area contributed by atoms with Crippen molar-refractivity contribution in [3.05, 3.63) is 24.3 Å². The Morgan fingerprint density at radius 2 is 1.89 bits per heavy atom. The van der Waals surface area contributed by atoms with Gasteiger partial charge in [-0.05, 0) is 36.6 Å².